The van der Waals surface area contributed by atoms with E-state index in [9.17, 15) is 0 Å². The summed E-state index contributed by atoms with van der Waals surface area (Å²) in [7, 11) is 2.06. The van der Waals surface area contributed by atoms with Gasteiger partial charge >= 0.3 is 0 Å². The smallest absolute Gasteiger partial charge is 0.0917 e. The van der Waals surface area contributed by atoms with Gasteiger partial charge in [0.2, 0.25) is 0 Å². The third-order valence-electron chi connectivity index (χ3n) is 3.40. The van der Waals surface area contributed by atoms with E-state index < -0.39 is 0 Å². The van der Waals surface area contributed by atoms with Crippen molar-refractivity contribution in [1.82, 2.24) is 4.90 Å². The molecule has 2 heteroatoms. The molecule has 0 aliphatic carbocycles. The number of aryl methyl sites for hydroxylation is 1. The maximum atomic E-state index is 4.45. The average molecular weight is 252 g/mol. The number of rotatable bonds is 3. The van der Waals surface area contributed by atoms with Gasteiger partial charge in [0.05, 0.1) is 18.1 Å². The number of benzene rings is 1. The highest BCUT2D eigenvalue weighted by molar-refractivity contribution is 5.64. The zero-order valence-electron chi connectivity index (χ0n) is 11.8. The molecule has 0 N–H and O–H groups in total. The van der Waals surface area contributed by atoms with Crippen LogP contribution in [0.25, 0.3) is 0 Å². The van der Waals surface area contributed by atoms with Gasteiger partial charge in [0, 0.05) is 12.6 Å². The van der Waals surface area contributed by atoms with E-state index in [1.54, 1.807) is 0 Å². The van der Waals surface area contributed by atoms with Gasteiger partial charge in [-0.15, -0.1) is 0 Å². The van der Waals surface area contributed by atoms with E-state index >= 15 is 0 Å². The van der Waals surface area contributed by atoms with Crippen LogP contribution >= 0.6 is 0 Å². The Kier molecular flexibility index (Phi) is 4.00. The maximum absolute atomic E-state index is 4.45. The van der Waals surface area contributed by atoms with Gasteiger partial charge in [-0.1, -0.05) is 43.0 Å². The first-order valence-corrected chi connectivity index (χ1v) is 6.50. The van der Waals surface area contributed by atoms with Crippen molar-refractivity contribution in [2.75, 3.05) is 7.05 Å². The first-order valence-electron chi connectivity index (χ1n) is 6.50. The molecule has 19 heavy (non-hydrogen) atoms. The molecular formula is C17H20N2. The zero-order chi connectivity index (χ0) is 13.8. The van der Waals surface area contributed by atoms with Crippen molar-refractivity contribution >= 4 is 6.34 Å². The first-order chi connectivity index (χ1) is 9.19. The summed E-state index contributed by atoms with van der Waals surface area (Å²) in [5, 5.41) is 0. The lowest BCUT2D eigenvalue weighted by atomic mass is 9.91. The van der Waals surface area contributed by atoms with Gasteiger partial charge in [-0.05, 0) is 31.1 Å². The summed E-state index contributed by atoms with van der Waals surface area (Å²) in [6, 6.07) is 8.68. The van der Waals surface area contributed by atoms with Gasteiger partial charge in [0.1, 0.15) is 0 Å². The van der Waals surface area contributed by atoms with Crippen LogP contribution in [0.4, 0.5) is 0 Å². The lowest BCUT2D eigenvalue weighted by molar-refractivity contribution is 0.428. The van der Waals surface area contributed by atoms with Crippen LogP contribution in [0.5, 0.6) is 0 Å². The fraction of sp³-hybridized carbons (Fsp3) is 0.235. The molecule has 0 saturated heterocycles. The van der Waals surface area contributed by atoms with E-state index in [1.807, 2.05) is 19.3 Å². The van der Waals surface area contributed by atoms with Crippen molar-refractivity contribution in [3.63, 3.8) is 0 Å². The summed E-state index contributed by atoms with van der Waals surface area (Å²) in [6.07, 6.45) is 7.88. The summed E-state index contributed by atoms with van der Waals surface area (Å²) < 4.78 is 0. The van der Waals surface area contributed by atoms with Crippen LogP contribution in [0.1, 0.15) is 24.1 Å². The largest absolute Gasteiger partial charge is 0.354 e. The molecule has 1 atom stereocenters. The molecule has 0 saturated carbocycles. The quantitative estimate of drug-likeness (QED) is 0.793. The summed E-state index contributed by atoms with van der Waals surface area (Å²) >= 11 is 0. The number of aliphatic imine (C=N–C) groups is 1. The second-order valence-electron chi connectivity index (χ2n) is 4.71. The van der Waals surface area contributed by atoms with Gasteiger partial charge in [0.25, 0.3) is 0 Å². The van der Waals surface area contributed by atoms with Gasteiger partial charge in [-0.25, -0.2) is 4.99 Å². The van der Waals surface area contributed by atoms with Gasteiger partial charge in [0.15, 0.2) is 0 Å². The Morgan fingerprint density at radius 3 is 2.68 bits per heavy atom. The third-order valence-corrected chi connectivity index (χ3v) is 3.40. The number of likely N-dealkylation sites (N-methyl/N-ethyl adjacent to an activating group) is 1. The summed E-state index contributed by atoms with van der Waals surface area (Å²) in [5.41, 5.74) is 4.74. The van der Waals surface area contributed by atoms with Crippen LogP contribution in [0, 0.1) is 6.92 Å². The number of allylic oxidation sites excluding steroid dienone is 2. The van der Waals surface area contributed by atoms with Crippen molar-refractivity contribution < 1.29 is 0 Å². The Labute approximate surface area is 115 Å². The monoisotopic (exact) mass is 252 g/mol. The minimum absolute atomic E-state index is 0.197. The third kappa shape index (κ3) is 2.53. The number of nitrogens with zero attached hydrogens (tertiary/aromatic N) is 2. The molecule has 0 amide bonds. The Bertz CT molecular complexity index is 564. The van der Waals surface area contributed by atoms with Crippen LogP contribution in [-0.4, -0.2) is 18.3 Å². The Hall–Kier alpha value is -2.09. The molecular weight excluding hydrogens is 232 g/mol. The number of hydrogen-bond acceptors (Lipinski definition) is 2. The molecule has 0 spiro atoms. The predicted octanol–water partition coefficient (Wildman–Crippen LogP) is 4.03. The predicted molar refractivity (Wildman–Crippen MR) is 82.2 cm³/mol. The second kappa shape index (κ2) is 5.70. The molecule has 98 valence electrons. The van der Waals surface area contributed by atoms with E-state index in [-0.39, 0.29) is 6.04 Å². The molecule has 1 unspecified atom stereocenters. The van der Waals surface area contributed by atoms with E-state index in [0.29, 0.717) is 0 Å². The molecule has 0 fully saturated rings. The topological polar surface area (TPSA) is 15.6 Å². The van der Waals surface area contributed by atoms with Crippen molar-refractivity contribution in [2.24, 2.45) is 4.99 Å². The van der Waals surface area contributed by atoms with Gasteiger partial charge in [-0.3, -0.25) is 0 Å². The molecule has 1 aromatic rings. The van der Waals surface area contributed by atoms with Crippen molar-refractivity contribution in [3.8, 4) is 0 Å². The highest BCUT2D eigenvalue weighted by Gasteiger charge is 2.24. The standard InChI is InChI=1S/C17H20N2/c1-5-9-15-16(6-2)18-12-19(4)17(15)14-11-8-7-10-13(14)3/h5-12,17H,2H2,1,3-4H3. The fourth-order valence-corrected chi connectivity index (χ4v) is 2.46. The van der Waals surface area contributed by atoms with E-state index in [1.165, 1.54) is 16.7 Å². The summed E-state index contributed by atoms with van der Waals surface area (Å²) in [6.45, 7) is 8.05. The Balaban J connectivity index is 2.59. The maximum Gasteiger partial charge on any atom is 0.0917 e. The van der Waals surface area contributed by atoms with Crippen LogP contribution in [0.15, 0.2) is 65.3 Å². The SMILES string of the molecule is C=CC1=C(C=CC)C(c2ccccc2C)N(C)C=N1. The number of hydrogen-bond donors (Lipinski definition) is 0. The zero-order valence-corrected chi connectivity index (χ0v) is 11.8. The molecule has 1 aliphatic heterocycles. The Morgan fingerprint density at radius 2 is 2.05 bits per heavy atom. The minimum atomic E-state index is 0.197. The molecule has 2 nitrogen and oxygen atoms in total. The van der Waals surface area contributed by atoms with Crippen LogP contribution in [-0.2, 0) is 0 Å². The second-order valence-corrected chi connectivity index (χ2v) is 4.71. The molecule has 0 aromatic heterocycles. The lowest BCUT2D eigenvalue weighted by Gasteiger charge is -2.32. The van der Waals surface area contributed by atoms with Gasteiger partial charge < -0.3 is 4.90 Å². The van der Waals surface area contributed by atoms with Gasteiger partial charge in [-0.2, -0.15) is 0 Å². The molecule has 1 heterocycles. The summed E-state index contributed by atoms with van der Waals surface area (Å²) in [5.74, 6) is 0. The van der Waals surface area contributed by atoms with Crippen LogP contribution in [0.3, 0.4) is 0 Å². The highest BCUT2D eigenvalue weighted by Crippen LogP contribution is 2.34. The van der Waals surface area contributed by atoms with Crippen LogP contribution < -0.4 is 0 Å². The van der Waals surface area contributed by atoms with E-state index in [4.69, 9.17) is 0 Å². The minimum Gasteiger partial charge on any atom is -0.354 e. The molecule has 1 aliphatic rings. The normalized spacial score (nSPS) is 19.3. The van der Waals surface area contributed by atoms with Crippen LogP contribution in [0.2, 0.25) is 0 Å². The first kappa shape index (κ1) is 13.3. The molecule has 0 bridgehead atoms. The summed E-state index contributed by atoms with van der Waals surface area (Å²) in [4.78, 5) is 6.59. The van der Waals surface area contributed by atoms with E-state index in [0.717, 1.165) is 5.70 Å². The molecule has 0 radical (unpaired) electrons. The fourth-order valence-electron chi connectivity index (χ4n) is 2.46. The highest BCUT2D eigenvalue weighted by atomic mass is 15.2. The molecule has 2 rings (SSSR count). The molecule has 1 aromatic carbocycles. The average Bonchev–Trinajstić information content (AvgIpc) is 2.41. The Morgan fingerprint density at radius 1 is 1.32 bits per heavy atom. The van der Waals surface area contributed by atoms with E-state index in [2.05, 4.69) is 66.9 Å². The van der Waals surface area contributed by atoms with Crippen molar-refractivity contribution in [2.45, 2.75) is 19.9 Å². The van der Waals surface area contributed by atoms with Crippen molar-refractivity contribution in [1.29, 1.82) is 0 Å². The van der Waals surface area contributed by atoms with Crippen molar-refractivity contribution in [3.05, 3.63) is 71.5 Å². The lowest BCUT2D eigenvalue weighted by Crippen LogP contribution is -2.28.